The molecule has 0 heterocycles. The zero-order valence-electron chi connectivity index (χ0n) is 36.6. The molecule has 322 valence electrons. The zero-order valence-corrected chi connectivity index (χ0v) is 37.4. The van der Waals surface area contributed by atoms with E-state index in [0.29, 0.717) is 24.7 Å². The molecule has 57 heavy (non-hydrogen) atoms. The minimum absolute atomic E-state index is 0.0636. The number of benzene rings is 2. The van der Waals surface area contributed by atoms with E-state index in [1.54, 1.807) is 11.8 Å². The zero-order chi connectivity index (χ0) is 41.0. The molecule has 0 fully saturated rings. The first-order chi connectivity index (χ1) is 27.7. The van der Waals surface area contributed by atoms with Crippen molar-refractivity contribution in [3.8, 4) is 11.1 Å². The van der Waals surface area contributed by atoms with Crippen molar-refractivity contribution in [2.45, 2.75) is 187 Å². The number of rotatable bonds is 33. The first kappa shape index (κ1) is 48.8. The fourth-order valence-electron chi connectivity index (χ4n) is 7.53. The van der Waals surface area contributed by atoms with E-state index in [-0.39, 0.29) is 18.6 Å². The molecule has 0 spiro atoms. The van der Waals surface area contributed by atoms with Crippen LogP contribution in [0.5, 0.6) is 0 Å². The molecule has 2 aromatic carbocycles. The normalized spacial score (nSPS) is 13.6. The van der Waals surface area contributed by atoms with Crippen molar-refractivity contribution in [3.05, 3.63) is 59.7 Å². The van der Waals surface area contributed by atoms with E-state index in [2.05, 4.69) is 43.4 Å². The Kier molecular flexibility index (Phi) is 25.4. The van der Waals surface area contributed by atoms with E-state index in [9.17, 15) is 9.59 Å². The van der Waals surface area contributed by atoms with E-state index in [4.69, 9.17) is 18.9 Å². The second-order valence-electron chi connectivity index (χ2n) is 17.0. The fraction of sp³-hybridized carbons (Fsp3) is 0.714. The number of ether oxygens (including phenoxy) is 4. The molecule has 1 N–H and O–H groups in total. The maximum absolute atomic E-state index is 13.4. The monoisotopic (exact) mass is 810 g/mol. The third-order valence-electron chi connectivity index (χ3n) is 10.7. The van der Waals surface area contributed by atoms with Crippen molar-refractivity contribution in [1.82, 2.24) is 5.32 Å². The lowest BCUT2D eigenvalue weighted by molar-refractivity contribution is -0.156. The van der Waals surface area contributed by atoms with Gasteiger partial charge in [-0.3, -0.25) is 0 Å². The summed E-state index contributed by atoms with van der Waals surface area (Å²) >= 11 is 1.58. The molecule has 0 aromatic heterocycles. The van der Waals surface area contributed by atoms with Crippen LogP contribution in [0.2, 0.25) is 0 Å². The van der Waals surface area contributed by atoms with E-state index in [1.807, 2.05) is 45.0 Å². The number of unbranched alkanes of at least 4 members (excludes halogenated alkanes) is 18. The summed E-state index contributed by atoms with van der Waals surface area (Å²) in [6.45, 7) is 12.2. The van der Waals surface area contributed by atoms with Gasteiger partial charge in [0.25, 0.3) is 0 Å². The lowest BCUT2D eigenvalue weighted by atomic mass is 9.98. The molecule has 1 aliphatic rings. The van der Waals surface area contributed by atoms with Crippen LogP contribution in [0.4, 0.5) is 4.79 Å². The minimum atomic E-state index is -0.861. The highest BCUT2D eigenvalue weighted by atomic mass is 32.2. The number of carbonyl (C=O) groups is 2. The minimum Gasteiger partial charge on any atom is -0.458 e. The molecule has 2 aromatic rings. The van der Waals surface area contributed by atoms with Crippen LogP contribution in [0, 0.1) is 0 Å². The van der Waals surface area contributed by atoms with Crippen LogP contribution in [-0.2, 0) is 23.7 Å². The number of alkyl carbamates (subject to hydrolysis) is 1. The van der Waals surface area contributed by atoms with Crippen molar-refractivity contribution in [2.24, 2.45) is 0 Å². The highest BCUT2D eigenvalue weighted by Crippen LogP contribution is 2.44. The summed E-state index contributed by atoms with van der Waals surface area (Å²) in [5.74, 6) is 0.465. The van der Waals surface area contributed by atoms with Gasteiger partial charge in [-0.15, -0.1) is 0 Å². The second kappa shape index (κ2) is 29.6. The van der Waals surface area contributed by atoms with Gasteiger partial charge >= 0.3 is 12.1 Å². The predicted octanol–water partition coefficient (Wildman–Crippen LogP) is 13.2. The van der Waals surface area contributed by atoms with Gasteiger partial charge in [0, 0.05) is 30.6 Å². The van der Waals surface area contributed by atoms with Crippen molar-refractivity contribution >= 4 is 23.8 Å². The number of fused-ring (bicyclic) bond motifs is 3. The maximum atomic E-state index is 13.4. The smallest absolute Gasteiger partial charge is 0.407 e. The largest absolute Gasteiger partial charge is 0.458 e. The number of nitrogens with one attached hydrogen (secondary N) is 1. The van der Waals surface area contributed by atoms with E-state index >= 15 is 0 Å². The van der Waals surface area contributed by atoms with Gasteiger partial charge in [0.15, 0.2) is 0 Å². The maximum Gasteiger partial charge on any atom is 0.407 e. The van der Waals surface area contributed by atoms with Crippen LogP contribution in [0.1, 0.15) is 180 Å². The summed E-state index contributed by atoms with van der Waals surface area (Å²) in [4.78, 5) is 26.7. The molecule has 0 bridgehead atoms. The van der Waals surface area contributed by atoms with E-state index in [0.717, 1.165) is 30.6 Å². The Bertz CT molecular complexity index is 1320. The van der Waals surface area contributed by atoms with Gasteiger partial charge in [0.2, 0.25) is 0 Å². The number of amides is 1. The Balaban J connectivity index is 1.47. The Morgan fingerprint density at radius 1 is 0.649 bits per heavy atom. The summed E-state index contributed by atoms with van der Waals surface area (Å²) < 4.78 is 24.1. The number of hydrogen-bond donors (Lipinski definition) is 1. The molecule has 0 saturated carbocycles. The number of hydrogen-bond acceptors (Lipinski definition) is 7. The highest BCUT2D eigenvalue weighted by molar-refractivity contribution is 7.99. The molecule has 7 nitrogen and oxygen atoms in total. The van der Waals surface area contributed by atoms with Gasteiger partial charge < -0.3 is 24.3 Å². The van der Waals surface area contributed by atoms with Crippen molar-refractivity contribution in [3.63, 3.8) is 0 Å². The topological polar surface area (TPSA) is 83.1 Å². The van der Waals surface area contributed by atoms with Crippen LogP contribution < -0.4 is 5.32 Å². The quantitative estimate of drug-likeness (QED) is 0.0568. The average Bonchev–Trinajstić information content (AvgIpc) is 3.51. The Hall–Kier alpha value is -2.55. The summed E-state index contributed by atoms with van der Waals surface area (Å²) in [5.41, 5.74) is 3.94. The van der Waals surface area contributed by atoms with Gasteiger partial charge in [-0.2, -0.15) is 11.8 Å². The second-order valence-corrected chi connectivity index (χ2v) is 18.1. The van der Waals surface area contributed by atoms with Gasteiger partial charge in [-0.25, -0.2) is 9.59 Å². The molecule has 0 saturated heterocycles. The molecular weight excluding hydrogens is 731 g/mol. The third-order valence-corrected chi connectivity index (χ3v) is 11.9. The summed E-state index contributed by atoms with van der Waals surface area (Å²) in [6, 6.07) is 15.7. The summed E-state index contributed by atoms with van der Waals surface area (Å²) in [7, 11) is 0. The first-order valence-electron chi connectivity index (χ1n) is 22.8. The lowest BCUT2D eigenvalue weighted by Gasteiger charge is -2.25. The Labute approximate surface area is 351 Å². The lowest BCUT2D eigenvalue weighted by Crippen LogP contribution is -2.46. The first-order valence-corrected chi connectivity index (χ1v) is 24.0. The van der Waals surface area contributed by atoms with Gasteiger partial charge in [-0.05, 0) is 55.9 Å². The number of thioether (sulfide) groups is 1. The van der Waals surface area contributed by atoms with Crippen molar-refractivity contribution < 1.29 is 28.5 Å². The Morgan fingerprint density at radius 2 is 1.12 bits per heavy atom. The summed E-state index contributed by atoms with van der Waals surface area (Å²) in [5, 5.41) is 2.84. The molecule has 3 rings (SSSR count). The van der Waals surface area contributed by atoms with Crippen LogP contribution in [0.3, 0.4) is 0 Å². The molecule has 8 heteroatoms. The molecule has 0 radical (unpaired) electrons. The number of esters is 1. The SMILES string of the molecule is CCCCCCCCCCCCOC[C@H](CSC[C@H](NC(=O)OCC1c2ccccc2-c2ccccc21)C(=O)OC(C)(C)C)OCCCCCCCCCCCC. The molecule has 1 aliphatic carbocycles. The van der Waals surface area contributed by atoms with Gasteiger partial charge in [0.05, 0.1) is 12.7 Å². The number of carbonyl (C=O) groups excluding carboxylic acids is 2. The molecule has 0 unspecified atom stereocenters. The average molecular weight is 810 g/mol. The van der Waals surface area contributed by atoms with Gasteiger partial charge in [-0.1, -0.05) is 178 Å². The third kappa shape index (κ3) is 20.8. The predicted molar refractivity (Wildman–Crippen MR) is 239 cm³/mol. The van der Waals surface area contributed by atoms with Gasteiger partial charge in [0.1, 0.15) is 18.2 Å². The van der Waals surface area contributed by atoms with Crippen LogP contribution in [-0.4, -0.2) is 67.7 Å². The van der Waals surface area contributed by atoms with Crippen LogP contribution >= 0.6 is 11.8 Å². The van der Waals surface area contributed by atoms with Crippen LogP contribution in [0.25, 0.3) is 11.1 Å². The molecular formula is C49H79NO6S. The van der Waals surface area contributed by atoms with E-state index < -0.39 is 23.7 Å². The molecule has 1 amide bonds. The van der Waals surface area contributed by atoms with Crippen molar-refractivity contribution in [1.29, 1.82) is 0 Å². The molecule has 2 atom stereocenters. The van der Waals surface area contributed by atoms with Crippen molar-refractivity contribution in [2.75, 3.05) is 37.9 Å². The van der Waals surface area contributed by atoms with E-state index in [1.165, 1.54) is 127 Å². The highest BCUT2D eigenvalue weighted by Gasteiger charge is 2.31. The standard InChI is InChI=1S/C49H79NO6S/c1-6-8-10-12-14-16-18-20-22-28-34-53-36-40(54-35-29-23-21-19-17-15-13-11-9-7-2)38-57-39-46(47(51)56-49(3,4)5)50-48(52)55-37-45-43-32-26-24-30-41(43)42-31-25-27-33-44(42)45/h24-27,30-33,40,45-46H,6-23,28-29,34-39H2,1-5H3,(H,50,52)/t40-,46+/m1/s1. The summed E-state index contributed by atoms with van der Waals surface area (Å²) in [6.07, 6.45) is 25.1. The Morgan fingerprint density at radius 3 is 1.63 bits per heavy atom. The molecule has 0 aliphatic heterocycles. The fourth-order valence-corrected chi connectivity index (χ4v) is 8.58. The van der Waals surface area contributed by atoms with Crippen LogP contribution in [0.15, 0.2) is 48.5 Å².